The molecule has 4 heteroatoms. The second kappa shape index (κ2) is 6.38. The largest absolute Gasteiger partial charge is 0.316 e. The van der Waals surface area contributed by atoms with E-state index in [1.807, 2.05) is 7.05 Å². The Morgan fingerprint density at radius 3 is 2.31 bits per heavy atom. The summed E-state index contributed by atoms with van der Waals surface area (Å²) < 4.78 is 22.0. The summed E-state index contributed by atoms with van der Waals surface area (Å²) in [5.74, 6) is 0.257. The fourth-order valence-corrected chi connectivity index (χ4v) is 2.38. The first kappa shape index (κ1) is 12.9. The molecule has 0 heterocycles. The molecule has 0 aromatic carbocycles. The van der Waals surface area contributed by atoms with Gasteiger partial charge in [-0.3, -0.25) is 0 Å². The molecule has 0 rings (SSSR count). The Hall–Kier alpha value is -0.0900. The molecule has 0 aliphatic rings. The van der Waals surface area contributed by atoms with Crippen molar-refractivity contribution in [2.75, 3.05) is 19.1 Å². The molecule has 0 radical (unpaired) electrons. The van der Waals surface area contributed by atoms with E-state index in [1.54, 1.807) is 0 Å². The van der Waals surface area contributed by atoms with Gasteiger partial charge in [-0.05, 0) is 13.5 Å². The third-order valence-electron chi connectivity index (χ3n) is 2.07. The first-order valence-corrected chi connectivity index (χ1v) is 6.90. The zero-order chi connectivity index (χ0) is 10.3. The summed E-state index contributed by atoms with van der Waals surface area (Å²) in [6.07, 6.45) is 5.71. The van der Waals surface area contributed by atoms with Crippen LogP contribution in [0.3, 0.4) is 0 Å². The maximum absolute atomic E-state index is 11.0. The molecule has 0 aliphatic carbocycles. The molecule has 0 aromatic heterocycles. The molecule has 0 saturated carbocycles. The van der Waals surface area contributed by atoms with Crippen molar-refractivity contribution in [3.8, 4) is 0 Å². The summed E-state index contributed by atoms with van der Waals surface area (Å²) in [6, 6.07) is 0.126. The van der Waals surface area contributed by atoms with Gasteiger partial charge in [0.25, 0.3) is 0 Å². The Kier molecular flexibility index (Phi) is 6.33. The molecule has 0 saturated heterocycles. The van der Waals surface area contributed by atoms with Crippen molar-refractivity contribution in [3.63, 3.8) is 0 Å². The van der Waals surface area contributed by atoms with Gasteiger partial charge in [0.05, 0.1) is 5.75 Å². The first-order valence-electron chi connectivity index (χ1n) is 4.84. The third-order valence-corrected chi connectivity index (χ3v) is 3.08. The van der Waals surface area contributed by atoms with Crippen molar-refractivity contribution in [1.82, 2.24) is 5.32 Å². The molecule has 1 atom stereocenters. The number of rotatable bonds is 7. The van der Waals surface area contributed by atoms with Crippen molar-refractivity contribution in [2.24, 2.45) is 0 Å². The molecule has 0 fully saturated rings. The maximum Gasteiger partial charge on any atom is 0.148 e. The number of sulfone groups is 1. The van der Waals surface area contributed by atoms with Crippen LogP contribution in [0, 0.1) is 0 Å². The lowest BCUT2D eigenvalue weighted by Gasteiger charge is -2.14. The number of hydrogen-bond acceptors (Lipinski definition) is 3. The molecule has 80 valence electrons. The van der Waals surface area contributed by atoms with Gasteiger partial charge in [-0.15, -0.1) is 0 Å². The second-order valence-electron chi connectivity index (χ2n) is 3.57. The molecule has 3 nitrogen and oxygen atoms in total. The van der Waals surface area contributed by atoms with Crippen LogP contribution >= 0.6 is 0 Å². The van der Waals surface area contributed by atoms with Gasteiger partial charge in [0.1, 0.15) is 9.84 Å². The van der Waals surface area contributed by atoms with Crippen LogP contribution in [-0.4, -0.2) is 33.5 Å². The SMILES string of the molecule is CCCCCC(CS(C)(=O)=O)NC. The molecule has 0 aliphatic heterocycles. The summed E-state index contributed by atoms with van der Waals surface area (Å²) in [4.78, 5) is 0. The quantitative estimate of drug-likeness (QED) is 0.638. The van der Waals surface area contributed by atoms with Crippen molar-refractivity contribution >= 4 is 9.84 Å². The summed E-state index contributed by atoms with van der Waals surface area (Å²) in [5, 5.41) is 3.04. The van der Waals surface area contributed by atoms with Crippen LogP contribution in [0.1, 0.15) is 32.6 Å². The highest BCUT2D eigenvalue weighted by atomic mass is 32.2. The summed E-state index contributed by atoms with van der Waals surface area (Å²) in [6.45, 7) is 2.14. The average molecular weight is 207 g/mol. The van der Waals surface area contributed by atoms with Crippen molar-refractivity contribution in [1.29, 1.82) is 0 Å². The van der Waals surface area contributed by atoms with E-state index in [9.17, 15) is 8.42 Å². The Morgan fingerprint density at radius 2 is 1.92 bits per heavy atom. The van der Waals surface area contributed by atoms with Gasteiger partial charge in [-0.25, -0.2) is 8.42 Å². The molecule has 1 N–H and O–H groups in total. The standard InChI is InChI=1S/C9H21NO2S/c1-4-5-6-7-9(10-2)8-13(3,11)12/h9-10H,4-8H2,1-3H3. The molecule has 0 aromatic rings. The van der Waals surface area contributed by atoms with Crippen molar-refractivity contribution < 1.29 is 8.42 Å². The van der Waals surface area contributed by atoms with Gasteiger partial charge >= 0.3 is 0 Å². The van der Waals surface area contributed by atoms with Gasteiger partial charge in [0, 0.05) is 12.3 Å². The molecule has 0 amide bonds. The monoisotopic (exact) mass is 207 g/mol. The Balaban J connectivity index is 3.77. The molecular formula is C9H21NO2S. The second-order valence-corrected chi connectivity index (χ2v) is 5.76. The first-order chi connectivity index (χ1) is 5.99. The van der Waals surface area contributed by atoms with Crippen LogP contribution in [0.25, 0.3) is 0 Å². The Morgan fingerprint density at radius 1 is 1.31 bits per heavy atom. The van der Waals surface area contributed by atoms with Gasteiger partial charge in [0.2, 0.25) is 0 Å². The van der Waals surface area contributed by atoms with Crippen molar-refractivity contribution in [3.05, 3.63) is 0 Å². The Labute approximate surface area is 81.8 Å². The lowest BCUT2D eigenvalue weighted by atomic mass is 10.1. The lowest BCUT2D eigenvalue weighted by molar-refractivity contribution is 0.516. The summed E-state index contributed by atoms with van der Waals surface area (Å²) >= 11 is 0. The number of nitrogens with one attached hydrogen (secondary N) is 1. The van der Waals surface area contributed by atoms with E-state index in [4.69, 9.17) is 0 Å². The topological polar surface area (TPSA) is 46.2 Å². The fraction of sp³-hybridized carbons (Fsp3) is 1.00. The van der Waals surface area contributed by atoms with E-state index >= 15 is 0 Å². The molecular weight excluding hydrogens is 186 g/mol. The highest BCUT2D eigenvalue weighted by Crippen LogP contribution is 2.04. The predicted molar refractivity (Wildman–Crippen MR) is 56.7 cm³/mol. The smallest absolute Gasteiger partial charge is 0.148 e. The highest BCUT2D eigenvalue weighted by Gasteiger charge is 2.12. The fourth-order valence-electron chi connectivity index (χ4n) is 1.32. The minimum absolute atomic E-state index is 0.126. The van der Waals surface area contributed by atoms with Gasteiger partial charge < -0.3 is 5.32 Å². The van der Waals surface area contributed by atoms with Gasteiger partial charge in [-0.2, -0.15) is 0 Å². The lowest BCUT2D eigenvalue weighted by Crippen LogP contribution is -2.32. The third kappa shape index (κ3) is 8.25. The minimum Gasteiger partial charge on any atom is -0.316 e. The molecule has 13 heavy (non-hydrogen) atoms. The van der Waals surface area contributed by atoms with Crippen LogP contribution in [0.15, 0.2) is 0 Å². The molecule has 0 spiro atoms. The zero-order valence-electron chi connectivity index (χ0n) is 8.84. The minimum atomic E-state index is -2.84. The van der Waals surface area contributed by atoms with E-state index in [0.717, 1.165) is 12.8 Å². The number of hydrogen-bond donors (Lipinski definition) is 1. The van der Waals surface area contributed by atoms with Crippen LogP contribution < -0.4 is 5.32 Å². The van der Waals surface area contributed by atoms with E-state index in [1.165, 1.54) is 19.1 Å². The van der Waals surface area contributed by atoms with E-state index in [2.05, 4.69) is 12.2 Å². The predicted octanol–water partition coefficient (Wildman–Crippen LogP) is 1.20. The maximum atomic E-state index is 11.0. The number of unbranched alkanes of at least 4 members (excludes halogenated alkanes) is 2. The Bertz CT molecular complexity index is 212. The van der Waals surface area contributed by atoms with E-state index < -0.39 is 9.84 Å². The van der Waals surface area contributed by atoms with Crippen LogP contribution in [0.5, 0.6) is 0 Å². The average Bonchev–Trinajstić information content (AvgIpc) is 2.01. The summed E-state index contributed by atoms with van der Waals surface area (Å²) in [5.41, 5.74) is 0. The summed E-state index contributed by atoms with van der Waals surface area (Å²) in [7, 11) is -1.01. The zero-order valence-corrected chi connectivity index (χ0v) is 9.65. The van der Waals surface area contributed by atoms with Crippen LogP contribution in [0.2, 0.25) is 0 Å². The highest BCUT2D eigenvalue weighted by molar-refractivity contribution is 7.90. The van der Waals surface area contributed by atoms with E-state index in [-0.39, 0.29) is 11.8 Å². The van der Waals surface area contributed by atoms with Gasteiger partial charge in [0.15, 0.2) is 0 Å². The molecule has 0 bridgehead atoms. The van der Waals surface area contributed by atoms with Crippen molar-refractivity contribution in [2.45, 2.75) is 38.6 Å². The van der Waals surface area contributed by atoms with Crippen LogP contribution in [0.4, 0.5) is 0 Å². The van der Waals surface area contributed by atoms with Crippen LogP contribution in [-0.2, 0) is 9.84 Å². The normalized spacial score (nSPS) is 14.4. The molecule has 1 unspecified atom stereocenters. The van der Waals surface area contributed by atoms with E-state index in [0.29, 0.717) is 0 Å². The van der Waals surface area contributed by atoms with Gasteiger partial charge in [-0.1, -0.05) is 26.2 Å².